The van der Waals surface area contributed by atoms with Crippen LogP contribution < -0.4 is 5.32 Å². The van der Waals surface area contributed by atoms with E-state index in [9.17, 15) is 9.59 Å². The summed E-state index contributed by atoms with van der Waals surface area (Å²) in [5, 5.41) is 2.59. The Morgan fingerprint density at radius 2 is 1.95 bits per heavy atom. The van der Waals surface area contributed by atoms with E-state index in [0.29, 0.717) is 6.42 Å². The fourth-order valence-electron chi connectivity index (χ4n) is 1.91. The maximum absolute atomic E-state index is 12.0. The molecule has 0 bridgehead atoms. The lowest BCUT2D eigenvalue weighted by Gasteiger charge is -2.32. The first kappa shape index (κ1) is 17.2. The molecule has 0 unspecified atom stereocenters. The summed E-state index contributed by atoms with van der Waals surface area (Å²) in [6.45, 7) is 11.1. The molecule has 0 aromatic rings. The van der Waals surface area contributed by atoms with Gasteiger partial charge in [-0.15, -0.1) is 6.58 Å². The smallest absolute Gasteiger partial charge is 0.408 e. The molecule has 0 aliphatic carbocycles. The Hall–Kier alpha value is -1.78. The first-order chi connectivity index (χ1) is 8.91. The third-order valence-corrected chi connectivity index (χ3v) is 2.50. The Morgan fingerprint density at radius 1 is 1.32 bits per heavy atom. The topological polar surface area (TPSA) is 64.6 Å². The second kappa shape index (κ2) is 8.34. The molecule has 0 fully saturated rings. The molecule has 0 aliphatic rings. The van der Waals surface area contributed by atoms with Crippen molar-refractivity contribution in [2.45, 2.75) is 32.2 Å². The number of nitrogens with one attached hydrogen (secondary N) is 1. The molecular formula is C14H23NO4. The number of rotatable bonds is 8. The summed E-state index contributed by atoms with van der Waals surface area (Å²) in [5.41, 5.74) is -1.14. The van der Waals surface area contributed by atoms with Crippen LogP contribution in [0.2, 0.25) is 0 Å². The Morgan fingerprint density at radius 3 is 2.37 bits per heavy atom. The molecule has 5 nitrogen and oxygen atoms in total. The van der Waals surface area contributed by atoms with Gasteiger partial charge in [-0.3, -0.25) is 0 Å². The molecule has 0 heterocycles. The third kappa shape index (κ3) is 5.59. The van der Waals surface area contributed by atoms with Gasteiger partial charge in [-0.05, 0) is 18.8 Å². The number of alkyl carbamates (subject to hydrolysis) is 1. The zero-order chi connectivity index (χ0) is 14.9. The molecule has 0 saturated carbocycles. The molecule has 1 N–H and O–H groups in total. The predicted molar refractivity (Wildman–Crippen MR) is 73.7 cm³/mol. The number of carbonyl (C=O) groups excluding carboxylic acids is 2. The summed E-state index contributed by atoms with van der Waals surface area (Å²) < 4.78 is 9.66. The van der Waals surface area contributed by atoms with Crippen LogP contribution in [-0.2, 0) is 14.3 Å². The van der Waals surface area contributed by atoms with Crippen LogP contribution in [0.25, 0.3) is 0 Å². The summed E-state index contributed by atoms with van der Waals surface area (Å²) in [6.07, 6.45) is 3.08. The van der Waals surface area contributed by atoms with E-state index in [1.807, 2.05) is 13.8 Å². The van der Waals surface area contributed by atoms with Gasteiger partial charge in [0.2, 0.25) is 0 Å². The van der Waals surface area contributed by atoms with Crippen LogP contribution in [0.4, 0.5) is 4.79 Å². The van der Waals surface area contributed by atoms with Gasteiger partial charge in [0.05, 0.1) is 7.11 Å². The lowest BCUT2D eigenvalue weighted by atomic mass is 9.86. The van der Waals surface area contributed by atoms with Crippen molar-refractivity contribution >= 4 is 12.1 Å². The molecule has 0 aromatic carbocycles. The molecule has 19 heavy (non-hydrogen) atoms. The Kier molecular flexibility index (Phi) is 7.56. The number of ether oxygens (including phenoxy) is 2. The summed E-state index contributed by atoms with van der Waals surface area (Å²) in [5.74, 6) is -0.310. The van der Waals surface area contributed by atoms with Crippen molar-refractivity contribution in [1.82, 2.24) is 5.32 Å². The van der Waals surface area contributed by atoms with E-state index in [1.165, 1.54) is 13.2 Å². The van der Waals surface area contributed by atoms with E-state index in [2.05, 4.69) is 18.5 Å². The molecule has 0 aliphatic heterocycles. The standard InChI is InChI=1S/C14H23NO4/c1-6-8-14(10-11(3)4,12(16)18-5)15-13(17)19-9-7-2/h6-7,11H,1-2,8-10H2,3-5H3,(H,15,17)/t14-/m0/s1. The average Bonchev–Trinajstić information content (AvgIpc) is 2.34. The molecule has 108 valence electrons. The van der Waals surface area contributed by atoms with Crippen molar-refractivity contribution in [3.63, 3.8) is 0 Å². The van der Waals surface area contributed by atoms with Crippen molar-refractivity contribution in [3.8, 4) is 0 Å². The summed E-state index contributed by atoms with van der Waals surface area (Å²) >= 11 is 0. The SMILES string of the molecule is C=CCOC(=O)N[C@@](CC=C)(CC(C)C)C(=O)OC. The van der Waals surface area contributed by atoms with Gasteiger partial charge < -0.3 is 14.8 Å². The number of carbonyl (C=O) groups is 2. The number of esters is 1. The predicted octanol–water partition coefficient (Wildman–Crippen LogP) is 2.43. The highest BCUT2D eigenvalue weighted by atomic mass is 16.6. The van der Waals surface area contributed by atoms with Crippen LogP contribution in [0.5, 0.6) is 0 Å². The lowest BCUT2D eigenvalue weighted by Crippen LogP contribution is -2.55. The van der Waals surface area contributed by atoms with E-state index < -0.39 is 17.6 Å². The van der Waals surface area contributed by atoms with E-state index in [0.717, 1.165) is 0 Å². The first-order valence-corrected chi connectivity index (χ1v) is 6.17. The minimum absolute atomic E-state index is 0.0822. The molecular weight excluding hydrogens is 246 g/mol. The average molecular weight is 269 g/mol. The van der Waals surface area contributed by atoms with Crippen molar-refractivity contribution in [2.75, 3.05) is 13.7 Å². The normalized spacial score (nSPS) is 13.3. The van der Waals surface area contributed by atoms with Gasteiger partial charge in [-0.25, -0.2) is 9.59 Å². The number of hydrogen-bond acceptors (Lipinski definition) is 4. The van der Waals surface area contributed by atoms with E-state index in [4.69, 9.17) is 9.47 Å². The van der Waals surface area contributed by atoms with Crippen molar-refractivity contribution in [1.29, 1.82) is 0 Å². The second-order valence-electron chi connectivity index (χ2n) is 4.68. The first-order valence-electron chi connectivity index (χ1n) is 6.17. The van der Waals surface area contributed by atoms with Gasteiger partial charge in [0.1, 0.15) is 12.1 Å². The quantitative estimate of drug-likeness (QED) is 0.543. The van der Waals surface area contributed by atoms with Gasteiger partial charge in [0.25, 0.3) is 0 Å². The third-order valence-electron chi connectivity index (χ3n) is 2.50. The number of amides is 1. The Balaban J connectivity index is 5.08. The maximum Gasteiger partial charge on any atom is 0.408 e. The van der Waals surface area contributed by atoms with Crippen molar-refractivity contribution < 1.29 is 19.1 Å². The highest BCUT2D eigenvalue weighted by Crippen LogP contribution is 2.23. The van der Waals surface area contributed by atoms with E-state index >= 15 is 0 Å². The lowest BCUT2D eigenvalue weighted by molar-refractivity contribution is -0.149. The Labute approximate surface area is 114 Å². The molecule has 5 heteroatoms. The largest absolute Gasteiger partial charge is 0.467 e. The zero-order valence-corrected chi connectivity index (χ0v) is 11.9. The van der Waals surface area contributed by atoms with Gasteiger partial charge >= 0.3 is 12.1 Å². The molecule has 0 rings (SSSR count). The number of methoxy groups -OCH3 is 1. The van der Waals surface area contributed by atoms with Crippen LogP contribution in [0.15, 0.2) is 25.3 Å². The molecule has 0 radical (unpaired) electrons. The molecule has 0 saturated heterocycles. The van der Waals surface area contributed by atoms with Gasteiger partial charge in [-0.1, -0.05) is 32.6 Å². The van der Waals surface area contributed by atoms with Crippen LogP contribution in [0.1, 0.15) is 26.7 Å². The zero-order valence-electron chi connectivity index (χ0n) is 11.9. The van der Waals surface area contributed by atoms with Crippen LogP contribution in [-0.4, -0.2) is 31.3 Å². The van der Waals surface area contributed by atoms with Gasteiger partial charge in [-0.2, -0.15) is 0 Å². The minimum atomic E-state index is -1.14. The fourth-order valence-corrected chi connectivity index (χ4v) is 1.91. The molecule has 0 spiro atoms. The Bertz CT molecular complexity index is 338. The van der Waals surface area contributed by atoms with E-state index in [-0.39, 0.29) is 18.9 Å². The van der Waals surface area contributed by atoms with Crippen molar-refractivity contribution in [3.05, 3.63) is 25.3 Å². The van der Waals surface area contributed by atoms with Crippen LogP contribution >= 0.6 is 0 Å². The summed E-state index contributed by atoms with van der Waals surface area (Å²) in [6, 6.07) is 0. The maximum atomic E-state index is 12.0. The van der Waals surface area contributed by atoms with Gasteiger partial charge in [0, 0.05) is 0 Å². The second-order valence-corrected chi connectivity index (χ2v) is 4.68. The fraction of sp³-hybridized carbons (Fsp3) is 0.571. The van der Waals surface area contributed by atoms with Crippen LogP contribution in [0, 0.1) is 5.92 Å². The van der Waals surface area contributed by atoms with Crippen LogP contribution in [0.3, 0.4) is 0 Å². The number of hydrogen-bond donors (Lipinski definition) is 1. The highest BCUT2D eigenvalue weighted by molar-refractivity contribution is 5.86. The van der Waals surface area contributed by atoms with E-state index in [1.54, 1.807) is 6.08 Å². The van der Waals surface area contributed by atoms with Crippen molar-refractivity contribution in [2.24, 2.45) is 5.92 Å². The summed E-state index contributed by atoms with van der Waals surface area (Å²) in [7, 11) is 1.29. The molecule has 1 atom stereocenters. The molecule has 1 amide bonds. The monoisotopic (exact) mass is 269 g/mol. The van der Waals surface area contributed by atoms with Gasteiger partial charge in [0.15, 0.2) is 0 Å². The highest BCUT2D eigenvalue weighted by Gasteiger charge is 2.41. The molecule has 0 aromatic heterocycles. The summed E-state index contributed by atoms with van der Waals surface area (Å²) in [4.78, 5) is 23.7. The minimum Gasteiger partial charge on any atom is -0.467 e.